The van der Waals surface area contributed by atoms with Gasteiger partial charge >= 0.3 is 6.16 Å². The summed E-state index contributed by atoms with van der Waals surface area (Å²) in [7, 11) is 0. The summed E-state index contributed by atoms with van der Waals surface area (Å²) in [6, 6.07) is 0.990. The SMILES string of the molecule is CC1COc2c(N3CC4C5C=CC(N)(CC5)C4C3)c(F)cc3c(=O)c(OC(=O)O)cn1c23. The molecule has 0 amide bonds. The van der Waals surface area contributed by atoms with Crippen molar-refractivity contribution >= 4 is 22.7 Å². The number of aromatic nitrogens is 1. The Morgan fingerprint density at radius 2 is 2.22 bits per heavy atom. The topological polar surface area (TPSA) is 107 Å². The number of nitrogens with two attached hydrogens (primary N) is 1. The Hall–Kier alpha value is -3.07. The molecule has 5 atom stereocenters. The van der Waals surface area contributed by atoms with Crippen LogP contribution in [0.2, 0.25) is 0 Å². The first kappa shape index (κ1) is 19.6. The van der Waals surface area contributed by atoms with Crippen LogP contribution in [0.5, 0.6) is 11.5 Å². The Labute approximate surface area is 183 Å². The zero-order valence-corrected chi connectivity index (χ0v) is 17.6. The van der Waals surface area contributed by atoms with E-state index in [1.54, 1.807) is 4.57 Å². The van der Waals surface area contributed by atoms with Crippen LogP contribution in [0.15, 0.2) is 29.2 Å². The van der Waals surface area contributed by atoms with Crippen LogP contribution in [-0.4, -0.2) is 41.1 Å². The molecular weight excluding hydrogens is 417 g/mol. The summed E-state index contributed by atoms with van der Waals surface area (Å²) in [5.74, 6) is 0.453. The molecule has 2 fully saturated rings. The van der Waals surface area contributed by atoms with Gasteiger partial charge in [0.05, 0.1) is 23.1 Å². The highest BCUT2D eigenvalue weighted by molar-refractivity contribution is 5.93. The van der Waals surface area contributed by atoms with Gasteiger partial charge in [0.1, 0.15) is 12.3 Å². The van der Waals surface area contributed by atoms with Gasteiger partial charge in [0.2, 0.25) is 5.43 Å². The number of pyridine rings is 1. The van der Waals surface area contributed by atoms with Crippen molar-refractivity contribution < 1.29 is 23.8 Å². The van der Waals surface area contributed by atoms with E-state index in [2.05, 4.69) is 16.9 Å². The Morgan fingerprint density at radius 3 is 2.91 bits per heavy atom. The number of carbonyl (C=O) groups is 1. The molecule has 5 unspecified atom stereocenters. The molecule has 9 heteroatoms. The standard InChI is InChI=1S/C23H24FN3O5/c1-11-10-31-21-18-13(20(28)17(9-27(11)18)32-22(29)30)6-16(24)19(21)26-7-14-12-2-4-23(25,5-3-12)15(14)8-26/h2,4,6,9,11-12,14-15H,3,5,7-8,10,25H2,1H3,(H,29,30). The van der Waals surface area contributed by atoms with Crippen molar-refractivity contribution in [2.75, 3.05) is 24.6 Å². The molecule has 7 rings (SSSR count). The van der Waals surface area contributed by atoms with E-state index < -0.39 is 17.4 Å². The van der Waals surface area contributed by atoms with Gasteiger partial charge in [-0.2, -0.15) is 0 Å². The molecule has 2 aromatic rings. The second kappa shape index (κ2) is 6.48. The number of allylic oxidation sites excluding steroid dienone is 1. The van der Waals surface area contributed by atoms with Crippen LogP contribution in [0.3, 0.4) is 0 Å². The van der Waals surface area contributed by atoms with Gasteiger partial charge in [0.25, 0.3) is 0 Å². The van der Waals surface area contributed by atoms with Crippen molar-refractivity contribution in [3.05, 3.63) is 40.5 Å². The fraction of sp³-hybridized carbons (Fsp3) is 0.478. The van der Waals surface area contributed by atoms with Crippen LogP contribution < -0.4 is 25.5 Å². The summed E-state index contributed by atoms with van der Waals surface area (Å²) >= 11 is 0. The summed E-state index contributed by atoms with van der Waals surface area (Å²) in [6.45, 7) is 3.45. The lowest BCUT2D eigenvalue weighted by Gasteiger charge is -2.47. The minimum atomic E-state index is -1.59. The molecule has 1 aromatic carbocycles. The van der Waals surface area contributed by atoms with Crippen molar-refractivity contribution in [3.63, 3.8) is 0 Å². The molecular formula is C23H24FN3O5. The highest BCUT2D eigenvalue weighted by Gasteiger charge is 2.53. The number of anilines is 1. The molecule has 2 bridgehead atoms. The molecule has 3 aliphatic carbocycles. The summed E-state index contributed by atoms with van der Waals surface area (Å²) in [6.07, 6.45) is 6.12. The van der Waals surface area contributed by atoms with E-state index in [4.69, 9.17) is 15.6 Å². The Morgan fingerprint density at radius 1 is 1.41 bits per heavy atom. The fourth-order valence-corrected chi connectivity index (χ4v) is 6.23. The smallest absolute Gasteiger partial charge is 0.487 e. The van der Waals surface area contributed by atoms with E-state index in [1.165, 1.54) is 12.3 Å². The normalized spacial score (nSPS) is 32.2. The molecule has 168 valence electrons. The van der Waals surface area contributed by atoms with Crippen LogP contribution in [-0.2, 0) is 0 Å². The lowest BCUT2D eigenvalue weighted by molar-refractivity contribution is 0.139. The first-order valence-corrected chi connectivity index (χ1v) is 10.9. The molecule has 0 radical (unpaired) electrons. The number of hydrogen-bond acceptors (Lipinski definition) is 6. The molecule has 3 heterocycles. The zero-order valence-electron chi connectivity index (χ0n) is 17.6. The van der Waals surface area contributed by atoms with Gasteiger partial charge in [-0.25, -0.2) is 9.18 Å². The summed E-state index contributed by atoms with van der Waals surface area (Å²) in [5.41, 5.74) is 6.47. The third kappa shape index (κ3) is 2.57. The molecule has 8 nitrogen and oxygen atoms in total. The van der Waals surface area contributed by atoms with Gasteiger partial charge in [-0.15, -0.1) is 0 Å². The van der Waals surface area contributed by atoms with Crippen LogP contribution >= 0.6 is 0 Å². The van der Waals surface area contributed by atoms with E-state index in [-0.39, 0.29) is 35.2 Å². The Kier molecular flexibility index (Phi) is 3.97. The van der Waals surface area contributed by atoms with Crippen LogP contribution in [0.4, 0.5) is 14.9 Å². The minimum Gasteiger partial charge on any atom is -0.487 e. The highest BCUT2D eigenvalue weighted by atomic mass is 19.1. The predicted octanol–water partition coefficient (Wildman–Crippen LogP) is 2.88. The van der Waals surface area contributed by atoms with Crippen molar-refractivity contribution in [1.29, 1.82) is 0 Å². The van der Waals surface area contributed by atoms with Gasteiger partial charge in [-0.3, -0.25) is 4.79 Å². The van der Waals surface area contributed by atoms with Gasteiger partial charge in [-0.1, -0.05) is 12.2 Å². The third-order valence-electron chi connectivity index (χ3n) is 7.79. The summed E-state index contributed by atoms with van der Waals surface area (Å²) < 4.78 is 28.0. The van der Waals surface area contributed by atoms with Crippen LogP contribution in [0.1, 0.15) is 25.8 Å². The van der Waals surface area contributed by atoms with Crippen molar-refractivity contribution in [1.82, 2.24) is 4.57 Å². The van der Waals surface area contributed by atoms with Gasteiger partial charge in [0, 0.05) is 24.5 Å². The molecule has 3 N–H and O–H groups in total. The highest BCUT2D eigenvalue weighted by Crippen LogP contribution is 2.52. The number of rotatable bonds is 2. The summed E-state index contributed by atoms with van der Waals surface area (Å²) in [4.78, 5) is 25.9. The molecule has 32 heavy (non-hydrogen) atoms. The average Bonchev–Trinajstić information content (AvgIpc) is 3.21. The summed E-state index contributed by atoms with van der Waals surface area (Å²) in [5, 5.41) is 9.02. The van der Waals surface area contributed by atoms with Gasteiger partial charge in [0.15, 0.2) is 17.3 Å². The van der Waals surface area contributed by atoms with E-state index in [0.29, 0.717) is 41.9 Å². The number of ether oxygens (including phenoxy) is 2. The van der Waals surface area contributed by atoms with Crippen LogP contribution in [0, 0.1) is 23.6 Å². The number of halogens is 1. The first-order chi connectivity index (χ1) is 15.3. The zero-order chi connectivity index (χ0) is 22.4. The molecule has 2 aliphatic heterocycles. The van der Waals surface area contributed by atoms with E-state index >= 15 is 4.39 Å². The quantitative estimate of drug-likeness (QED) is 0.545. The van der Waals surface area contributed by atoms with Crippen molar-refractivity contribution in [2.45, 2.75) is 31.3 Å². The number of nitrogens with zero attached hydrogens (tertiary/aromatic N) is 2. The number of fused-ring (bicyclic) bond motifs is 1. The van der Waals surface area contributed by atoms with Crippen molar-refractivity contribution in [2.24, 2.45) is 23.5 Å². The maximum absolute atomic E-state index is 15.6. The van der Waals surface area contributed by atoms with Crippen molar-refractivity contribution in [3.8, 4) is 11.5 Å². The molecule has 1 aromatic heterocycles. The number of hydrogen-bond donors (Lipinski definition) is 2. The van der Waals surface area contributed by atoms with E-state index in [0.717, 1.165) is 12.8 Å². The second-order valence-corrected chi connectivity index (χ2v) is 9.54. The maximum Gasteiger partial charge on any atom is 0.511 e. The van der Waals surface area contributed by atoms with Gasteiger partial charge in [-0.05, 0) is 37.7 Å². The second-order valence-electron chi connectivity index (χ2n) is 9.54. The lowest BCUT2D eigenvalue weighted by atomic mass is 9.60. The average molecular weight is 441 g/mol. The molecule has 0 spiro atoms. The van der Waals surface area contributed by atoms with E-state index in [1.807, 2.05) is 11.8 Å². The number of benzene rings is 1. The first-order valence-electron chi connectivity index (χ1n) is 10.9. The third-order valence-corrected chi connectivity index (χ3v) is 7.79. The Balaban J connectivity index is 1.51. The maximum atomic E-state index is 15.6. The van der Waals surface area contributed by atoms with Crippen LogP contribution in [0.25, 0.3) is 10.9 Å². The largest absolute Gasteiger partial charge is 0.511 e. The molecule has 1 saturated carbocycles. The predicted molar refractivity (Wildman–Crippen MR) is 115 cm³/mol. The van der Waals surface area contributed by atoms with Gasteiger partial charge < -0.3 is 29.8 Å². The monoisotopic (exact) mass is 441 g/mol. The molecule has 1 saturated heterocycles. The Bertz CT molecular complexity index is 1260. The lowest BCUT2D eigenvalue weighted by Crippen LogP contribution is -2.55. The number of carboxylic acid groups (broad SMARTS) is 1. The van der Waals surface area contributed by atoms with E-state index in [9.17, 15) is 9.59 Å². The fourth-order valence-electron chi connectivity index (χ4n) is 6.23. The minimum absolute atomic E-state index is 0.0418. The molecule has 5 aliphatic rings.